The number of nitrogens with zero attached hydrogens (tertiary/aromatic N) is 1. The van der Waals surface area contributed by atoms with Gasteiger partial charge in [-0.25, -0.2) is 0 Å². The van der Waals surface area contributed by atoms with Gasteiger partial charge in [-0.05, 0) is 43.5 Å². The third-order valence-corrected chi connectivity index (χ3v) is 4.14. The number of benzene rings is 1. The lowest BCUT2D eigenvalue weighted by atomic mass is 10.1. The Kier molecular flexibility index (Phi) is 3.84. The van der Waals surface area contributed by atoms with Crippen LogP contribution in [0, 0.1) is 6.92 Å². The van der Waals surface area contributed by atoms with Gasteiger partial charge in [0.25, 0.3) is 5.91 Å². The minimum atomic E-state index is -0.00791. The van der Waals surface area contributed by atoms with Gasteiger partial charge in [0.1, 0.15) is 0 Å². The molecule has 92 valence electrons. The van der Waals surface area contributed by atoms with E-state index < -0.39 is 0 Å². The zero-order chi connectivity index (χ0) is 12.4. The highest BCUT2D eigenvalue weighted by Gasteiger charge is 2.28. The summed E-state index contributed by atoms with van der Waals surface area (Å²) in [6, 6.07) is 5.60. The first-order chi connectivity index (χ1) is 8.13. The monoisotopic (exact) mass is 297 g/mol. The first kappa shape index (κ1) is 12.6. The van der Waals surface area contributed by atoms with E-state index in [-0.39, 0.29) is 18.6 Å². The van der Waals surface area contributed by atoms with Crippen LogP contribution < -0.4 is 0 Å². The zero-order valence-electron chi connectivity index (χ0n) is 9.82. The molecule has 3 nitrogen and oxygen atoms in total. The van der Waals surface area contributed by atoms with Crippen molar-refractivity contribution in [3.8, 4) is 0 Å². The number of carbonyl (C=O) groups is 1. The van der Waals surface area contributed by atoms with Crippen LogP contribution in [0.5, 0.6) is 0 Å². The zero-order valence-corrected chi connectivity index (χ0v) is 11.4. The number of aliphatic hydroxyl groups excluding tert-OH is 1. The molecule has 0 bridgehead atoms. The molecule has 0 spiro atoms. The Balaban J connectivity index is 2.21. The second-order valence-electron chi connectivity index (χ2n) is 4.44. The molecule has 1 aliphatic heterocycles. The average molecular weight is 298 g/mol. The fourth-order valence-corrected chi connectivity index (χ4v) is 2.48. The Bertz CT molecular complexity index is 433. The molecule has 1 aliphatic rings. The van der Waals surface area contributed by atoms with Crippen molar-refractivity contribution in [3.63, 3.8) is 0 Å². The summed E-state index contributed by atoms with van der Waals surface area (Å²) in [7, 11) is 0. The predicted molar refractivity (Wildman–Crippen MR) is 70.0 cm³/mol. The van der Waals surface area contributed by atoms with Gasteiger partial charge in [0.15, 0.2) is 0 Å². The molecule has 4 heteroatoms. The van der Waals surface area contributed by atoms with Crippen molar-refractivity contribution < 1.29 is 9.90 Å². The molecule has 1 heterocycles. The second kappa shape index (κ2) is 5.19. The van der Waals surface area contributed by atoms with E-state index in [1.807, 2.05) is 25.1 Å². The van der Waals surface area contributed by atoms with E-state index in [1.54, 1.807) is 4.90 Å². The SMILES string of the molecule is Cc1cc(C(=O)N2CCCC2CO)ccc1Br. The van der Waals surface area contributed by atoms with Crippen molar-refractivity contribution in [2.75, 3.05) is 13.2 Å². The molecule has 1 unspecified atom stereocenters. The summed E-state index contributed by atoms with van der Waals surface area (Å²) in [5, 5.41) is 9.23. The Morgan fingerprint density at radius 3 is 3.00 bits per heavy atom. The van der Waals surface area contributed by atoms with Crippen LogP contribution in [0.25, 0.3) is 0 Å². The van der Waals surface area contributed by atoms with Crippen LogP contribution in [0.1, 0.15) is 28.8 Å². The minimum absolute atomic E-state index is 0.00791. The normalized spacial score (nSPS) is 19.7. The Morgan fingerprint density at radius 2 is 2.35 bits per heavy atom. The fraction of sp³-hybridized carbons (Fsp3) is 0.462. The lowest BCUT2D eigenvalue weighted by Gasteiger charge is -2.23. The van der Waals surface area contributed by atoms with Gasteiger partial charge >= 0.3 is 0 Å². The lowest BCUT2D eigenvalue weighted by molar-refractivity contribution is 0.0677. The quantitative estimate of drug-likeness (QED) is 0.910. The Hall–Kier alpha value is -0.870. The third kappa shape index (κ3) is 2.53. The van der Waals surface area contributed by atoms with Crippen LogP contribution >= 0.6 is 15.9 Å². The van der Waals surface area contributed by atoms with E-state index in [0.717, 1.165) is 29.4 Å². The second-order valence-corrected chi connectivity index (χ2v) is 5.30. The van der Waals surface area contributed by atoms with E-state index in [2.05, 4.69) is 15.9 Å². The van der Waals surface area contributed by atoms with Gasteiger partial charge in [0.2, 0.25) is 0 Å². The molecule has 0 radical (unpaired) electrons. The Morgan fingerprint density at radius 1 is 1.59 bits per heavy atom. The largest absolute Gasteiger partial charge is 0.394 e. The summed E-state index contributed by atoms with van der Waals surface area (Å²) in [5.74, 6) is 0.0251. The van der Waals surface area contributed by atoms with E-state index >= 15 is 0 Å². The summed E-state index contributed by atoms with van der Waals surface area (Å²) in [6.07, 6.45) is 1.88. The summed E-state index contributed by atoms with van der Waals surface area (Å²) >= 11 is 3.42. The van der Waals surface area contributed by atoms with Crippen LogP contribution in [0.4, 0.5) is 0 Å². The van der Waals surface area contributed by atoms with Gasteiger partial charge in [-0.15, -0.1) is 0 Å². The van der Waals surface area contributed by atoms with Crippen molar-refractivity contribution in [1.29, 1.82) is 0 Å². The summed E-state index contributed by atoms with van der Waals surface area (Å²) in [6.45, 7) is 2.77. The van der Waals surface area contributed by atoms with Crippen molar-refractivity contribution in [3.05, 3.63) is 33.8 Å². The first-order valence-corrected chi connectivity index (χ1v) is 6.60. The average Bonchev–Trinajstić information content (AvgIpc) is 2.80. The van der Waals surface area contributed by atoms with E-state index in [4.69, 9.17) is 0 Å². The first-order valence-electron chi connectivity index (χ1n) is 5.81. The number of carbonyl (C=O) groups excluding carboxylic acids is 1. The van der Waals surface area contributed by atoms with Crippen LogP contribution in [0.3, 0.4) is 0 Å². The van der Waals surface area contributed by atoms with Crippen LogP contribution in [0.15, 0.2) is 22.7 Å². The number of likely N-dealkylation sites (tertiary alicyclic amines) is 1. The van der Waals surface area contributed by atoms with Crippen molar-refractivity contribution in [1.82, 2.24) is 4.90 Å². The number of aliphatic hydroxyl groups is 1. The molecule has 1 amide bonds. The fourth-order valence-electron chi connectivity index (χ4n) is 2.24. The minimum Gasteiger partial charge on any atom is -0.394 e. The summed E-state index contributed by atoms with van der Waals surface area (Å²) in [4.78, 5) is 14.1. The van der Waals surface area contributed by atoms with Crippen molar-refractivity contribution >= 4 is 21.8 Å². The smallest absolute Gasteiger partial charge is 0.254 e. The molecule has 0 saturated carbocycles. The maximum atomic E-state index is 12.3. The van der Waals surface area contributed by atoms with Crippen molar-refractivity contribution in [2.45, 2.75) is 25.8 Å². The highest BCUT2D eigenvalue weighted by molar-refractivity contribution is 9.10. The number of halogens is 1. The number of amides is 1. The van der Waals surface area contributed by atoms with Crippen LogP contribution in [0.2, 0.25) is 0 Å². The number of rotatable bonds is 2. The molecule has 1 fully saturated rings. The molecule has 1 aromatic rings. The highest BCUT2D eigenvalue weighted by Crippen LogP contribution is 2.22. The maximum absolute atomic E-state index is 12.3. The predicted octanol–water partition coefficient (Wildman–Crippen LogP) is 2.35. The lowest BCUT2D eigenvalue weighted by Crippen LogP contribution is -2.37. The molecule has 0 aliphatic carbocycles. The number of hydrogen-bond donors (Lipinski definition) is 1. The number of hydrogen-bond acceptors (Lipinski definition) is 2. The Labute approximate surface area is 110 Å². The molecule has 1 atom stereocenters. The standard InChI is InChI=1S/C13H16BrNO2/c1-9-7-10(4-5-12(9)14)13(17)15-6-2-3-11(15)8-16/h4-5,7,11,16H,2-3,6,8H2,1H3. The molecule has 1 N–H and O–H groups in total. The third-order valence-electron chi connectivity index (χ3n) is 3.25. The summed E-state index contributed by atoms with van der Waals surface area (Å²) < 4.78 is 1.01. The topological polar surface area (TPSA) is 40.5 Å². The van der Waals surface area contributed by atoms with Crippen molar-refractivity contribution in [2.24, 2.45) is 0 Å². The molecular weight excluding hydrogens is 282 g/mol. The molecule has 0 aromatic heterocycles. The van der Waals surface area contributed by atoms with Gasteiger partial charge in [-0.2, -0.15) is 0 Å². The van der Waals surface area contributed by atoms with Gasteiger partial charge in [-0.1, -0.05) is 15.9 Å². The van der Waals surface area contributed by atoms with Gasteiger partial charge in [0, 0.05) is 16.6 Å². The van der Waals surface area contributed by atoms with Gasteiger partial charge < -0.3 is 10.0 Å². The van der Waals surface area contributed by atoms with Crippen LogP contribution in [-0.4, -0.2) is 35.1 Å². The molecule has 1 aromatic carbocycles. The van der Waals surface area contributed by atoms with Gasteiger partial charge in [0.05, 0.1) is 12.6 Å². The molecule has 2 rings (SSSR count). The van der Waals surface area contributed by atoms with Gasteiger partial charge in [-0.3, -0.25) is 4.79 Å². The molecule has 17 heavy (non-hydrogen) atoms. The number of aryl methyl sites for hydroxylation is 1. The summed E-state index contributed by atoms with van der Waals surface area (Å²) in [5.41, 5.74) is 1.75. The molecule has 1 saturated heterocycles. The van der Waals surface area contributed by atoms with E-state index in [9.17, 15) is 9.90 Å². The molecular formula is C13H16BrNO2. The van der Waals surface area contributed by atoms with Crippen LogP contribution in [-0.2, 0) is 0 Å². The van der Waals surface area contributed by atoms with E-state index in [1.165, 1.54) is 0 Å². The highest BCUT2D eigenvalue weighted by atomic mass is 79.9. The van der Waals surface area contributed by atoms with E-state index in [0.29, 0.717) is 5.56 Å². The maximum Gasteiger partial charge on any atom is 0.254 e.